The number of benzene rings is 1. The van der Waals surface area contributed by atoms with Crippen LogP contribution in [0.15, 0.2) is 27.1 Å². The molecule has 0 saturated heterocycles. The molecule has 0 nitrogen and oxygen atoms in total. The van der Waals surface area contributed by atoms with Gasteiger partial charge in [-0.1, -0.05) is 89.8 Å². The molecule has 0 aliphatic heterocycles. The maximum atomic E-state index is 3.63. The van der Waals surface area contributed by atoms with E-state index in [1.165, 1.54) is 67.8 Å². The molecule has 18 heavy (non-hydrogen) atoms. The molecule has 0 atom stereocenters. The molecule has 1 rings (SSSR count). The van der Waals surface area contributed by atoms with E-state index in [-0.39, 0.29) is 0 Å². The van der Waals surface area contributed by atoms with Crippen LogP contribution in [-0.2, 0) is 6.42 Å². The Hall–Kier alpha value is 0.180. The largest absolute Gasteiger partial charge is 0.0654 e. The first-order valence-corrected chi connectivity index (χ1v) is 8.76. The second kappa shape index (κ2) is 10.0. The summed E-state index contributed by atoms with van der Waals surface area (Å²) in [6.07, 6.45) is 12.3. The van der Waals surface area contributed by atoms with Crippen LogP contribution >= 0.6 is 31.9 Å². The van der Waals surface area contributed by atoms with Gasteiger partial charge in [0, 0.05) is 8.95 Å². The van der Waals surface area contributed by atoms with Gasteiger partial charge < -0.3 is 0 Å². The van der Waals surface area contributed by atoms with Crippen molar-refractivity contribution in [1.29, 1.82) is 0 Å². The fourth-order valence-corrected chi connectivity index (χ4v) is 3.42. The molecule has 0 aliphatic rings. The van der Waals surface area contributed by atoms with Crippen molar-refractivity contribution in [3.63, 3.8) is 0 Å². The van der Waals surface area contributed by atoms with Gasteiger partial charge >= 0.3 is 0 Å². The Labute approximate surface area is 129 Å². The molecule has 0 unspecified atom stereocenters. The molecular formula is C16H24Br2. The second-order valence-electron chi connectivity index (χ2n) is 4.96. The maximum absolute atomic E-state index is 3.63. The Morgan fingerprint density at radius 3 is 2.06 bits per heavy atom. The summed E-state index contributed by atoms with van der Waals surface area (Å²) in [4.78, 5) is 0. The fourth-order valence-electron chi connectivity index (χ4n) is 2.17. The first-order chi connectivity index (χ1) is 8.74. The minimum absolute atomic E-state index is 1.15. The maximum Gasteiger partial charge on any atom is 0.0218 e. The van der Waals surface area contributed by atoms with E-state index < -0.39 is 0 Å². The van der Waals surface area contributed by atoms with Gasteiger partial charge in [0.2, 0.25) is 0 Å². The number of unbranched alkanes of at least 4 members (excludes halogenated alkanes) is 7. The van der Waals surface area contributed by atoms with Gasteiger partial charge in [-0.15, -0.1) is 0 Å². The zero-order chi connectivity index (χ0) is 13.2. The molecule has 1 aromatic rings. The lowest BCUT2D eigenvalue weighted by molar-refractivity contribution is 0.575. The van der Waals surface area contributed by atoms with E-state index in [0.29, 0.717) is 0 Å². The van der Waals surface area contributed by atoms with Crippen LogP contribution in [0.25, 0.3) is 0 Å². The molecule has 0 aliphatic carbocycles. The summed E-state index contributed by atoms with van der Waals surface area (Å²) in [7, 11) is 0. The molecule has 0 aromatic heterocycles. The summed E-state index contributed by atoms with van der Waals surface area (Å²) in [5, 5.41) is 0. The van der Waals surface area contributed by atoms with Crippen molar-refractivity contribution in [1.82, 2.24) is 0 Å². The molecule has 0 bridgehead atoms. The van der Waals surface area contributed by atoms with Crippen molar-refractivity contribution in [3.8, 4) is 0 Å². The summed E-state index contributed by atoms with van der Waals surface area (Å²) in [6.45, 7) is 2.27. The Bertz CT molecular complexity index is 334. The van der Waals surface area contributed by atoms with Crippen molar-refractivity contribution < 1.29 is 0 Å². The van der Waals surface area contributed by atoms with E-state index in [9.17, 15) is 0 Å². The lowest BCUT2D eigenvalue weighted by Gasteiger charge is -2.05. The van der Waals surface area contributed by atoms with E-state index in [1.807, 2.05) is 0 Å². The summed E-state index contributed by atoms with van der Waals surface area (Å²) >= 11 is 7.12. The minimum Gasteiger partial charge on any atom is -0.0654 e. The van der Waals surface area contributed by atoms with E-state index in [2.05, 4.69) is 57.0 Å². The molecule has 0 N–H and O–H groups in total. The molecule has 0 heterocycles. The highest BCUT2D eigenvalue weighted by Gasteiger charge is 2.00. The molecule has 1 aromatic carbocycles. The molecule has 0 fully saturated rings. The summed E-state index contributed by atoms with van der Waals surface area (Å²) in [5.74, 6) is 0. The summed E-state index contributed by atoms with van der Waals surface area (Å²) < 4.78 is 2.38. The van der Waals surface area contributed by atoms with Crippen molar-refractivity contribution in [2.24, 2.45) is 0 Å². The van der Waals surface area contributed by atoms with Crippen LogP contribution in [0.3, 0.4) is 0 Å². The van der Waals surface area contributed by atoms with Crippen LogP contribution in [0.5, 0.6) is 0 Å². The van der Waals surface area contributed by atoms with Gasteiger partial charge in [-0.05, 0) is 30.5 Å². The second-order valence-corrected chi connectivity index (χ2v) is 6.73. The van der Waals surface area contributed by atoms with Gasteiger partial charge in [-0.3, -0.25) is 0 Å². The van der Waals surface area contributed by atoms with E-state index in [0.717, 1.165) is 4.47 Å². The van der Waals surface area contributed by atoms with E-state index in [4.69, 9.17) is 0 Å². The highest BCUT2D eigenvalue weighted by atomic mass is 79.9. The van der Waals surface area contributed by atoms with Gasteiger partial charge in [0.15, 0.2) is 0 Å². The average molecular weight is 376 g/mol. The monoisotopic (exact) mass is 374 g/mol. The van der Waals surface area contributed by atoms with Crippen LogP contribution in [0.2, 0.25) is 0 Å². The van der Waals surface area contributed by atoms with Crippen LogP contribution in [0.1, 0.15) is 63.9 Å². The number of halogens is 2. The topological polar surface area (TPSA) is 0 Å². The van der Waals surface area contributed by atoms with Gasteiger partial charge in [-0.25, -0.2) is 0 Å². The van der Waals surface area contributed by atoms with Gasteiger partial charge in [-0.2, -0.15) is 0 Å². The SMILES string of the molecule is CCCCCCCCCCc1ccc(Br)cc1Br. The zero-order valence-corrected chi connectivity index (χ0v) is 14.5. The first-order valence-electron chi connectivity index (χ1n) is 7.18. The molecule has 0 saturated carbocycles. The van der Waals surface area contributed by atoms with Crippen molar-refractivity contribution in [3.05, 3.63) is 32.7 Å². The Balaban J connectivity index is 2.07. The highest BCUT2D eigenvalue weighted by molar-refractivity contribution is 9.11. The Kier molecular flexibility index (Phi) is 9.04. The number of rotatable bonds is 9. The zero-order valence-electron chi connectivity index (χ0n) is 11.4. The third-order valence-corrected chi connectivity index (χ3v) is 4.55. The van der Waals surface area contributed by atoms with Crippen LogP contribution < -0.4 is 0 Å². The Morgan fingerprint density at radius 2 is 1.44 bits per heavy atom. The van der Waals surface area contributed by atoms with Crippen LogP contribution in [-0.4, -0.2) is 0 Å². The number of hydrogen-bond donors (Lipinski definition) is 0. The number of hydrogen-bond acceptors (Lipinski definition) is 0. The highest BCUT2D eigenvalue weighted by Crippen LogP contribution is 2.23. The summed E-state index contributed by atoms with van der Waals surface area (Å²) in [5.41, 5.74) is 1.43. The molecule has 0 spiro atoms. The minimum atomic E-state index is 1.15. The van der Waals surface area contributed by atoms with Crippen molar-refractivity contribution in [2.45, 2.75) is 64.7 Å². The molecule has 0 radical (unpaired) electrons. The lowest BCUT2D eigenvalue weighted by Crippen LogP contribution is -1.88. The average Bonchev–Trinajstić information content (AvgIpc) is 2.35. The smallest absolute Gasteiger partial charge is 0.0218 e. The molecule has 0 amide bonds. The van der Waals surface area contributed by atoms with E-state index >= 15 is 0 Å². The normalized spacial score (nSPS) is 10.8. The molecule has 2 heteroatoms. The predicted molar refractivity (Wildman–Crippen MR) is 88.2 cm³/mol. The van der Waals surface area contributed by atoms with Crippen molar-refractivity contribution in [2.75, 3.05) is 0 Å². The number of aryl methyl sites for hydroxylation is 1. The Morgan fingerprint density at radius 1 is 0.833 bits per heavy atom. The third-order valence-electron chi connectivity index (χ3n) is 3.31. The molecular weight excluding hydrogens is 352 g/mol. The lowest BCUT2D eigenvalue weighted by atomic mass is 10.0. The quantitative estimate of drug-likeness (QED) is 0.412. The van der Waals surface area contributed by atoms with Gasteiger partial charge in [0.05, 0.1) is 0 Å². The van der Waals surface area contributed by atoms with Crippen LogP contribution in [0, 0.1) is 0 Å². The standard InChI is InChI=1S/C16H24Br2/c1-2-3-4-5-6-7-8-9-10-14-11-12-15(17)13-16(14)18/h11-13H,2-10H2,1H3. The first kappa shape index (κ1) is 16.2. The van der Waals surface area contributed by atoms with Gasteiger partial charge in [0.25, 0.3) is 0 Å². The predicted octanol–water partition coefficient (Wildman–Crippen LogP) is 6.89. The van der Waals surface area contributed by atoms with E-state index in [1.54, 1.807) is 0 Å². The van der Waals surface area contributed by atoms with Crippen molar-refractivity contribution >= 4 is 31.9 Å². The van der Waals surface area contributed by atoms with Gasteiger partial charge in [0.1, 0.15) is 0 Å². The fraction of sp³-hybridized carbons (Fsp3) is 0.625. The molecule has 102 valence electrons. The summed E-state index contributed by atoms with van der Waals surface area (Å²) in [6, 6.07) is 6.49. The third kappa shape index (κ3) is 6.94. The van der Waals surface area contributed by atoms with Crippen LogP contribution in [0.4, 0.5) is 0 Å².